The predicted octanol–water partition coefficient (Wildman–Crippen LogP) is 0.650. The summed E-state index contributed by atoms with van der Waals surface area (Å²) in [6, 6.07) is -0.485. The second-order valence-corrected chi connectivity index (χ2v) is 9.06. The van der Waals surface area contributed by atoms with Crippen LogP contribution in [-0.4, -0.2) is 62.5 Å². The molecule has 4 heterocycles. The van der Waals surface area contributed by atoms with Crippen LogP contribution in [0.4, 0.5) is 0 Å². The smallest absolute Gasteiger partial charge is 0.328 e. The van der Waals surface area contributed by atoms with E-state index in [1.165, 1.54) is 10.8 Å². The summed E-state index contributed by atoms with van der Waals surface area (Å²) in [5.41, 5.74) is 0.793. The van der Waals surface area contributed by atoms with Crippen molar-refractivity contribution in [2.45, 2.75) is 77.7 Å². The maximum Gasteiger partial charge on any atom is 0.328 e. The Kier molecular flexibility index (Phi) is 6.30. The third-order valence-electron chi connectivity index (χ3n) is 6.14. The second kappa shape index (κ2) is 8.88. The Balaban J connectivity index is 1.51. The van der Waals surface area contributed by atoms with Gasteiger partial charge in [-0.1, -0.05) is 6.92 Å². The molecule has 2 saturated heterocycles. The molecule has 11 heteroatoms. The van der Waals surface area contributed by atoms with Crippen molar-refractivity contribution in [3.8, 4) is 0 Å². The molecule has 1 amide bonds. The van der Waals surface area contributed by atoms with Gasteiger partial charge in [-0.25, -0.2) is 4.79 Å². The molecule has 33 heavy (non-hydrogen) atoms. The van der Waals surface area contributed by atoms with Gasteiger partial charge in [0.2, 0.25) is 0 Å². The summed E-state index contributed by atoms with van der Waals surface area (Å²) < 4.78 is 21.5. The number of H-pyrrole nitrogens is 1. The van der Waals surface area contributed by atoms with Gasteiger partial charge in [0.05, 0.1) is 24.4 Å². The minimum atomic E-state index is -0.887. The van der Waals surface area contributed by atoms with Gasteiger partial charge in [-0.2, -0.15) is 5.10 Å². The molecule has 0 spiro atoms. The third kappa shape index (κ3) is 4.53. The van der Waals surface area contributed by atoms with Crippen molar-refractivity contribution < 1.29 is 19.0 Å². The molecule has 2 aromatic heterocycles. The normalized spacial score (nSPS) is 26.2. The standard InChI is InChI=1S/C22H31N5O6/c1-6-7-27-13(3)14(8-24-27)20(29)23-9-16-18-17(32-22(4,5)33-18)15(11-31-16)26-10-12(2)19(28)25-21(26)30/h8,10,15-18H,6-7,9,11H2,1-5H3,(H,23,29)(H,25,28,30)/t15-,16-,17+,18-/m1/s1. The molecule has 0 radical (unpaired) electrons. The molecule has 2 aromatic rings. The minimum Gasteiger partial charge on any atom is -0.371 e. The summed E-state index contributed by atoms with van der Waals surface area (Å²) in [6.07, 6.45) is 2.54. The van der Waals surface area contributed by atoms with E-state index in [2.05, 4.69) is 22.3 Å². The predicted molar refractivity (Wildman–Crippen MR) is 118 cm³/mol. The van der Waals surface area contributed by atoms with E-state index in [0.29, 0.717) is 11.1 Å². The first-order valence-corrected chi connectivity index (χ1v) is 11.2. The summed E-state index contributed by atoms with van der Waals surface area (Å²) >= 11 is 0. The number of fused-ring (bicyclic) bond motifs is 1. The number of hydrogen-bond acceptors (Lipinski definition) is 7. The lowest BCUT2D eigenvalue weighted by Crippen LogP contribution is -2.54. The number of aromatic nitrogens is 4. The first kappa shape index (κ1) is 23.4. The zero-order valence-corrected chi connectivity index (χ0v) is 19.6. The van der Waals surface area contributed by atoms with E-state index in [1.807, 2.05) is 11.6 Å². The molecular formula is C22H31N5O6. The number of nitrogens with one attached hydrogen (secondary N) is 2. The molecule has 0 aromatic carbocycles. The van der Waals surface area contributed by atoms with Gasteiger partial charge in [0.1, 0.15) is 18.3 Å². The Labute approximate surface area is 191 Å². The third-order valence-corrected chi connectivity index (χ3v) is 6.14. The Bertz CT molecular complexity index is 1150. The quantitative estimate of drug-likeness (QED) is 0.646. The summed E-state index contributed by atoms with van der Waals surface area (Å²) in [5.74, 6) is -1.12. The molecular weight excluding hydrogens is 430 g/mol. The van der Waals surface area contributed by atoms with Crippen LogP contribution in [0.5, 0.6) is 0 Å². The fourth-order valence-electron chi connectivity index (χ4n) is 4.46. The number of rotatable bonds is 6. The van der Waals surface area contributed by atoms with E-state index in [0.717, 1.165) is 18.7 Å². The van der Waals surface area contributed by atoms with Crippen molar-refractivity contribution in [1.29, 1.82) is 0 Å². The van der Waals surface area contributed by atoms with Crippen molar-refractivity contribution in [1.82, 2.24) is 24.6 Å². The van der Waals surface area contributed by atoms with Crippen LogP contribution in [0.2, 0.25) is 0 Å². The molecule has 11 nitrogen and oxygen atoms in total. The van der Waals surface area contributed by atoms with Crippen molar-refractivity contribution in [3.05, 3.63) is 50.1 Å². The molecule has 180 valence electrons. The van der Waals surface area contributed by atoms with E-state index in [4.69, 9.17) is 14.2 Å². The molecule has 0 saturated carbocycles. The van der Waals surface area contributed by atoms with Gasteiger partial charge in [-0.3, -0.25) is 23.8 Å². The van der Waals surface area contributed by atoms with Gasteiger partial charge in [0.15, 0.2) is 5.79 Å². The average Bonchev–Trinajstić information content (AvgIpc) is 3.28. The molecule has 0 unspecified atom stereocenters. The van der Waals surface area contributed by atoms with E-state index in [1.54, 1.807) is 27.0 Å². The highest BCUT2D eigenvalue weighted by Gasteiger charge is 2.52. The monoisotopic (exact) mass is 461 g/mol. The number of ether oxygens (including phenoxy) is 3. The van der Waals surface area contributed by atoms with Crippen LogP contribution in [-0.2, 0) is 20.8 Å². The average molecular weight is 462 g/mol. The largest absolute Gasteiger partial charge is 0.371 e. The number of hydrogen-bond donors (Lipinski definition) is 2. The Morgan fingerprint density at radius 2 is 2.00 bits per heavy atom. The van der Waals surface area contributed by atoms with Crippen LogP contribution in [0, 0.1) is 13.8 Å². The molecule has 4 atom stereocenters. The van der Waals surface area contributed by atoms with Gasteiger partial charge >= 0.3 is 5.69 Å². The number of amides is 1. The SMILES string of the molecule is CCCn1ncc(C(=O)NC[C@H]2OC[C@@H](n3cc(C)c(=O)[nH]c3=O)[C@@H]3OC(C)(C)O[C@@H]32)c1C. The number of carbonyl (C=O) groups excluding carboxylic acids is 1. The first-order valence-electron chi connectivity index (χ1n) is 11.2. The fraction of sp³-hybridized carbons (Fsp3) is 0.636. The molecule has 0 bridgehead atoms. The topological polar surface area (TPSA) is 129 Å². The summed E-state index contributed by atoms with van der Waals surface area (Å²) in [4.78, 5) is 39.3. The lowest BCUT2D eigenvalue weighted by atomic mass is 9.97. The van der Waals surface area contributed by atoms with Gasteiger partial charge in [-0.15, -0.1) is 0 Å². The van der Waals surface area contributed by atoms with Crippen molar-refractivity contribution in [2.75, 3.05) is 13.2 Å². The first-order chi connectivity index (χ1) is 15.6. The van der Waals surface area contributed by atoms with E-state index >= 15 is 0 Å². The number of nitrogens with zero attached hydrogens (tertiary/aromatic N) is 3. The highest BCUT2D eigenvalue weighted by molar-refractivity contribution is 5.95. The molecule has 2 aliphatic rings. The highest BCUT2D eigenvalue weighted by Crippen LogP contribution is 2.39. The van der Waals surface area contributed by atoms with Crippen LogP contribution in [0.3, 0.4) is 0 Å². The molecule has 2 fully saturated rings. The number of aromatic amines is 1. The summed E-state index contributed by atoms with van der Waals surface area (Å²) in [5, 5.41) is 7.20. The van der Waals surface area contributed by atoms with Crippen molar-refractivity contribution >= 4 is 5.91 Å². The zero-order valence-electron chi connectivity index (χ0n) is 19.6. The minimum absolute atomic E-state index is 0.167. The van der Waals surface area contributed by atoms with Gasteiger partial charge in [0, 0.05) is 30.5 Å². The van der Waals surface area contributed by atoms with E-state index < -0.39 is 41.4 Å². The lowest BCUT2D eigenvalue weighted by molar-refractivity contribution is -0.153. The van der Waals surface area contributed by atoms with Crippen LogP contribution >= 0.6 is 0 Å². The van der Waals surface area contributed by atoms with Gasteiger partial charge in [0.25, 0.3) is 11.5 Å². The number of aryl methyl sites for hydroxylation is 2. The van der Waals surface area contributed by atoms with Crippen LogP contribution < -0.4 is 16.6 Å². The zero-order chi connectivity index (χ0) is 23.9. The van der Waals surface area contributed by atoms with Crippen molar-refractivity contribution in [2.24, 2.45) is 0 Å². The lowest BCUT2D eigenvalue weighted by Gasteiger charge is -2.37. The number of carbonyl (C=O) groups is 1. The maximum atomic E-state index is 12.8. The maximum absolute atomic E-state index is 12.8. The second-order valence-electron chi connectivity index (χ2n) is 9.06. The highest BCUT2D eigenvalue weighted by atomic mass is 16.8. The Hall–Kier alpha value is -2.76. The Morgan fingerprint density at radius 1 is 1.27 bits per heavy atom. The van der Waals surface area contributed by atoms with Gasteiger partial charge in [-0.05, 0) is 34.1 Å². The van der Waals surface area contributed by atoms with Gasteiger partial charge < -0.3 is 19.5 Å². The van der Waals surface area contributed by atoms with Crippen LogP contribution in [0.15, 0.2) is 22.0 Å². The molecule has 4 rings (SSSR count). The fourth-order valence-corrected chi connectivity index (χ4v) is 4.46. The molecule has 2 N–H and O–H groups in total. The van der Waals surface area contributed by atoms with Crippen molar-refractivity contribution in [3.63, 3.8) is 0 Å². The summed E-state index contributed by atoms with van der Waals surface area (Å²) in [6.45, 7) is 10.3. The summed E-state index contributed by atoms with van der Waals surface area (Å²) in [7, 11) is 0. The van der Waals surface area contributed by atoms with Crippen LogP contribution in [0.1, 0.15) is 54.8 Å². The van der Waals surface area contributed by atoms with Crippen LogP contribution in [0.25, 0.3) is 0 Å². The molecule has 0 aliphatic carbocycles. The molecule has 2 aliphatic heterocycles. The van der Waals surface area contributed by atoms with E-state index in [-0.39, 0.29) is 19.1 Å². The Morgan fingerprint density at radius 3 is 2.73 bits per heavy atom. The van der Waals surface area contributed by atoms with E-state index in [9.17, 15) is 14.4 Å².